The van der Waals surface area contributed by atoms with Crippen LogP contribution < -0.4 is 25.3 Å². The number of methoxy groups -OCH3 is 1. The van der Waals surface area contributed by atoms with E-state index in [1.807, 2.05) is 5.38 Å². The van der Waals surface area contributed by atoms with Crippen LogP contribution in [0.2, 0.25) is 0 Å². The first-order valence-electron chi connectivity index (χ1n) is 9.59. The van der Waals surface area contributed by atoms with E-state index in [0.29, 0.717) is 23.7 Å². The number of aromatic nitrogens is 1. The molecule has 0 saturated carbocycles. The van der Waals surface area contributed by atoms with Crippen molar-refractivity contribution in [1.82, 2.24) is 20.3 Å². The minimum Gasteiger partial charge on any atom is -0.468 e. The van der Waals surface area contributed by atoms with E-state index in [-0.39, 0.29) is 25.4 Å². The molecule has 2 atom stereocenters. The van der Waals surface area contributed by atoms with E-state index in [1.54, 1.807) is 30.3 Å². The number of ether oxygens (including phenoxy) is 1. The molecule has 32 heavy (non-hydrogen) atoms. The van der Waals surface area contributed by atoms with Crippen LogP contribution in [0.5, 0.6) is 5.75 Å². The first-order valence-corrected chi connectivity index (χ1v) is 11.5. The number of nitrogens with zero attached hydrogens (tertiary/aromatic N) is 1. The Kier molecular flexibility index (Phi) is 10.6. The highest BCUT2D eigenvalue weighted by molar-refractivity contribution is 7.78. The number of carbonyl (C=O) groups is 3. The highest BCUT2D eigenvalue weighted by atomic mass is 32.2. The molecule has 1 aromatic carbocycles. The summed E-state index contributed by atoms with van der Waals surface area (Å²) in [5, 5.41) is 7.30. The van der Waals surface area contributed by atoms with Crippen LogP contribution in [0.1, 0.15) is 18.5 Å². The summed E-state index contributed by atoms with van der Waals surface area (Å²) in [5.41, 5.74) is 6.38. The number of nitrogen functional groups attached to an aromatic ring is 1. The Morgan fingerprint density at radius 1 is 1.19 bits per heavy atom. The number of carbonyl (C=O) groups excluding carboxylic acids is 3. The van der Waals surface area contributed by atoms with Gasteiger partial charge in [-0.3, -0.25) is 14.4 Å². The SMILES string of the molecule is COC(=O)C(CNC(=O)CNC(=O)CCCc1csc(N)n1)NS(=O)Oc1ccccc1. The number of aryl methyl sites for hydroxylation is 1. The predicted molar refractivity (Wildman–Crippen MR) is 120 cm³/mol. The molecule has 0 aliphatic heterocycles. The number of benzene rings is 1. The molecule has 2 amide bonds. The summed E-state index contributed by atoms with van der Waals surface area (Å²) >= 11 is -0.711. The lowest BCUT2D eigenvalue weighted by molar-refractivity contribution is -0.142. The molecule has 5 N–H and O–H groups in total. The van der Waals surface area contributed by atoms with E-state index in [9.17, 15) is 18.6 Å². The van der Waals surface area contributed by atoms with Crippen LogP contribution in [-0.4, -0.2) is 53.2 Å². The fraction of sp³-hybridized carbons (Fsp3) is 0.368. The van der Waals surface area contributed by atoms with Crippen molar-refractivity contribution in [3.05, 3.63) is 41.4 Å². The Labute approximate surface area is 191 Å². The Balaban J connectivity index is 1.69. The van der Waals surface area contributed by atoms with Gasteiger partial charge in [0.25, 0.3) is 11.3 Å². The Bertz CT molecular complexity index is 924. The van der Waals surface area contributed by atoms with Gasteiger partial charge in [0, 0.05) is 18.3 Å². The molecule has 0 bridgehead atoms. The third-order valence-electron chi connectivity index (χ3n) is 4.00. The molecular weight excluding hydrogens is 458 g/mol. The van der Waals surface area contributed by atoms with Crippen LogP contribution in [0.3, 0.4) is 0 Å². The van der Waals surface area contributed by atoms with Crippen molar-refractivity contribution in [3.8, 4) is 5.75 Å². The maximum atomic E-state index is 12.1. The zero-order valence-corrected chi connectivity index (χ0v) is 19.0. The Hall–Kier alpha value is -3.03. The number of hydrogen-bond donors (Lipinski definition) is 4. The van der Waals surface area contributed by atoms with Gasteiger partial charge in [0.15, 0.2) is 5.13 Å². The number of thiazole rings is 1. The van der Waals surface area contributed by atoms with E-state index in [2.05, 4.69) is 25.1 Å². The van der Waals surface area contributed by atoms with Crippen molar-refractivity contribution in [1.29, 1.82) is 0 Å². The second kappa shape index (κ2) is 13.4. The molecule has 0 fully saturated rings. The fourth-order valence-electron chi connectivity index (χ4n) is 2.43. The van der Waals surface area contributed by atoms with Crippen LogP contribution in [0.25, 0.3) is 0 Å². The molecule has 0 spiro atoms. The lowest BCUT2D eigenvalue weighted by atomic mass is 10.2. The molecule has 0 aliphatic rings. The highest BCUT2D eigenvalue weighted by Gasteiger charge is 2.23. The summed E-state index contributed by atoms with van der Waals surface area (Å²) < 4.78 is 24.4. The number of hydrogen-bond acceptors (Lipinski definition) is 9. The van der Waals surface area contributed by atoms with Gasteiger partial charge in [-0.15, -0.1) is 11.3 Å². The molecule has 174 valence electrons. The van der Waals surface area contributed by atoms with Gasteiger partial charge in [0.1, 0.15) is 11.8 Å². The normalized spacial score (nSPS) is 12.4. The first kappa shape index (κ1) is 25.2. The fourth-order valence-corrected chi connectivity index (χ4v) is 3.78. The van der Waals surface area contributed by atoms with Gasteiger partial charge in [-0.1, -0.05) is 18.2 Å². The van der Waals surface area contributed by atoms with Crippen molar-refractivity contribution in [2.24, 2.45) is 0 Å². The second-order valence-corrected chi connectivity index (χ2v) is 8.20. The number of rotatable bonds is 13. The number of nitrogens with one attached hydrogen (secondary N) is 3. The van der Waals surface area contributed by atoms with Crippen molar-refractivity contribution in [2.75, 3.05) is 25.9 Å². The Morgan fingerprint density at radius 2 is 1.94 bits per heavy atom. The van der Waals surface area contributed by atoms with E-state index >= 15 is 0 Å². The summed E-state index contributed by atoms with van der Waals surface area (Å²) in [6, 6.07) is 7.26. The van der Waals surface area contributed by atoms with Gasteiger partial charge in [-0.25, -0.2) is 4.98 Å². The molecule has 0 saturated heterocycles. The lowest BCUT2D eigenvalue weighted by Gasteiger charge is -2.16. The summed E-state index contributed by atoms with van der Waals surface area (Å²) in [7, 11) is 1.17. The van der Waals surface area contributed by atoms with Crippen LogP contribution in [0.4, 0.5) is 5.13 Å². The maximum Gasteiger partial charge on any atom is 0.325 e. The van der Waals surface area contributed by atoms with Crippen LogP contribution in [0.15, 0.2) is 35.7 Å². The van der Waals surface area contributed by atoms with E-state index in [0.717, 1.165) is 5.69 Å². The van der Waals surface area contributed by atoms with Crippen LogP contribution in [-0.2, 0) is 36.8 Å². The number of amides is 2. The molecule has 2 unspecified atom stereocenters. The van der Waals surface area contributed by atoms with E-state index in [4.69, 9.17) is 9.92 Å². The maximum absolute atomic E-state index is 12.1. The zero-order chi connectivity index (χ0) is 23.3. The van der Waals surface area contributed by atoms with Crippen molar-refractivity contribution >= 4 is 45.5 Å². The van der Waals surface area contributed by atoms with Crippen molar-refractivity contribution < 1.29 is 27.5 Å². The lowest BCUT2D eigenvalue weighted by Crippen LogP contribution is -2.49. The standard InChI is InChI=1S/C19H25N5O6S2/c1-29-18(27)15(24-32(28)30-14-7-3-2-4-8-14)10-21-17(26)11-22-16(25)9-5-6-13-12-31-19(20)23-13/h2-4,7-8,12,15,24H,5-6,9-11H2,1H3,(H2,20,23)(H,21,26)(H,22,25). The van der Waals surface area contributed by atoms with Gasteiger partial charge in [0.05, 0.1) is 19.3 Å². The van der Waals surface area contributed by atoms with Gasteiger partial charge >= 0.3 is 5.97 Å². The van der Waals surface area contributed by atoms with Crippen LogP contribution >= 0.6 is 11.3 Å². The van der Waals surface area contributed by atoms with Crippen molar-refractivity contribution in [2.45, 2.75) is 25.3 Å². The molecule has 0 aliphatic carbocycles. The molecule has 0 radical (unpaired) electrons. The zero-order valence-electron chi connectivity index (χ0n) is 17.4. The van der Waals surface area contributed by atoms with Gasteiger partial charge in [-0.2, -0.15) is 8.93 Å². The quantitative estimate of drug-likeness (QED) is 0.291. The topological polar surface area (TPSA) is 162 Å². The number of nitrogens with two attached hydrogens (primary N) is 1. The molecular formula is C19H25N5O6S2. The number of anilines is 1. The predicted octanol–water partition coefficient (Wildman–Crippen LogP) is 0.0693. The monoisotopic (exact) mass is 483 g/mol. The first-order chi connectivity index (χ1) is 15.4. The number of esters is 1. The largest absolute Gasteiger partial charge is 0.468 e. The minimum absolute atomic E-state index is 0.212. The average Bonchev–Trinajstić information content (AvgIpc) is 3.20. The van der Waals surface area contributed by atoms with Gasteiger partial charge in [0.2, 0.25) is 11.8 Å². The van der Waals surface area contributed by atoms with E-state index < -0.39 is 29.2 Å². The van der Waals surface area contributed by atoms with Crippen LogP contribution in [0, 0.1) is 0 Å². The second-order valence-electron chi connectivity index (χ2n) is 6.44. The summed E-state index contributed by atoms with van der Waals surface area (Å²) in [6.07, 6.45) is 1.41. The number of para-hydroxylation sites is 1. The van der Waals surface area contributed by atoms with Gasteiger partial charge < -0.3 is 25.3 Å². The molecule has 1 heterocycles. The summed E-state index contributed by atoms with van der Waals surface area (Å²) in [6.45, 7) is -0.476. The third-order valence-corrected chi connectivity index (χ3v) is 5.54. The molecule has 2 rings (SSSR count). The minimum atomic E-state index is -2.05. The average molecular weight is 484 g/mol. The van der Waals surface area contributed by atoms with Gasteiger partial charge in [-0.05, 0) is 25.0 Å². The third kappa shape index (κ3) is 9.41. The Morgan fingerprint density at radius 3 is 2.59 bits per heavy atom. The summed E-state index contributed by atoms with van der Waals surface area (Å²) in [4.78, 5) is 39.9. The highest BCUT2D eigenvalue weighted by Crippen LogP contribution is 2.13. The molecule has 13 heteroatoms. The molecule has 11 nitrogen and oxygen atoms in total. The van der Waals surface area contributed by atoms with Crippen molar-refractivity contribution in [3.63, 3.8) is 0 Å². The summed E-state index contributed by atoms with van der Waals surface area (Å²) in [5.74, 6) is -1.20. The smallest absolute Gasteiger partial charge is 0.325 e. The molecule has 1 aromatic heterocycles. The molecule has 2 aromatic rings. The van der Waals surface area contributed by atoms with E-state index in [1.165, 1.54) is 18.4 Å².